The van der Waals surface area contributed by atoms with Gasteiger partial charge in [-0.3, -0.25) is 9.48 Å². The van der Waals surface area contributed by atoms with Crippen LogP contribution in [0.15, 0.2) is 60.9 Å². The Morgan fingerprint density at radius 2 is 1.83 bits per heavy atom. The summed E-state index contributed by atoms with van der Waals surface area (Å²) < 4.78 is 42.8. The summed E-state index contributed by atoms with van der Waals surface area (Å²) in [4.78, 5) is 17.0. The molecule has 2 aromatic carbocycles. The van der Waals surface area contributed by atoms with E-state index in [1.807, 2.05) is 14.0 Å². The van der Waals surface area contributed by atoms with E-state index in [0.29, 0.717) is 11.1 Å². The summed E-state index contributed by atoms with van der Waals surface area (Å²) in [5.41, 5.74) is 9.25. The van der Waals surface area contributed by atoms with Gasteiger partial charge >= 0.3 is 0 Å². The number of hydrogen-bond donors (Lipinski definition) is 3. The predicted octanol–water partition coefficient (Wildman–Crippen LogP) is 4.58. The number of nitrogens with two attached hydrogens (primary N) is 1. The van der Waals surface area contributed by atoms with Crippen LogP contribution in [0.1, 0.15) is 39.6 Å². The van der Waals surface area contributed by atoms with Crippen molar-refractivity contribution >= 4 is 11.7 Å². The number of carbonyl (C=O) groups is 1. The van der Waals surface area contributed by atoms with Gasteiger partial charge in [0, 0.05) is 41.2 Å². The van der Waals surface area contributed by atoms with Crippen LogP contribution >= 0.6 is 0 Å². The van der Waals surface area contributed by atoms with Gasteiger partial charge in [-0.15, -0.1) is 0 Å². The first-order valence-corrected chi connectivity index (χ1v) is 11.0. The van der Waals surface area contributed by atoms with E-state index in [4.69, 9.17) is 5.73 Å². The number of pyridine rings is 1. The van der Waals surface area contributed by atoms with Gasteiger partial charge < -0.3 is 16.2 Å². The molecule has 7 nitrogen and oxygen atoms in total. The van der Waals surface area contributed by atoms with Crippen molar-refractivity contribution in [3.8, 4) is 22.3 Å². The minimum Gasteiger partial charge on any atom is -0.394 e. The van der Waals surface area contributed by atoms with E-state index in [2.05, 4.69) is 15.4 Å². The number of aliphatic hydroxyl groups is 1. The standard InChI is InChI=1S/C26H24F3N5O2/c1-14-21(12-32-34(14)2)18-9-20(25(30)31-11-18)15-6-7-19(22(27)10-15)26(36)33-23(13-35)16-4-3-5-17(8-16)24(28)29/h3-12,23-24,35H,13H2,1-2H3,(H2,30,31)(H,33,36)/t23-/m1/s1. The fourth-order valence-corrected chi connectivity index (χ4v) is 3.88. The monoisotopic (exact) mass is 495 g/mol. The van der Waals surface area contributed by atoms with Crippen molar-refractivity contribution in [2.24, 2.45) is 7.05 Å². The molecule has 36 heavy (non-hydrogen) atoms. The lowest BCUT2D eigenvalue weighted by molar-refractivity contribution is 0.0912. The number of nitrogens with zero attached hydrogens (tertiary/aromatic N) is 3. The van der Waals surface area contributed by atoms with Gasteiger partial charge in [-0.05, 0) is 42.3 Å². The Labute approximate surface area is 205 Å². The first kappa shape index (κ1) is 24.9. The summed E-state index contributed by atoms with van der Waals surface area (Å²) >= 11 is 0. The van der Waals surface area contributed by atoms with Gasteiger partial charge in [0.1, 0.15) is 11.6 Å². The Morgan fingerprint density at radius 3 is 2.47 bits per heavy atom. The number of carbonyl (C=O) groups excluding carboxylic acids is 1. The Morgan fingerprint density at radius 1 is 1.08 bits per heavy atom. The Bertz CT molecular complexity index is 1420. The third-order valence-corrected chi connectivity index (χ3v) is 6.04. The van der Waals surface area contributed by atoms with E-state index >= 15 is 4.39 Å². The molecule has 0 aliphatic heterocycles. The second-order valence-corrected chi connectivity index (χ2v) is 8.30. The number of amides is 1. The van der Waals surface area contributed by atoms with Crippen LogP contribution < -0.4 is 11.1 Å². The van der Waals surface area contributed by atoms with Gasteiger partial charge in [0.05, 0.1) is 24.4 Å². The SMILES string of the molecule is Cc1c(-c2cnc(N)c(-c3ccc(C(=O)N[C@H](CO)c4cccc(C(F)F)c4)c(F)c3)c2)cnn1C. The minimum absolute atomic E-state index is 0.191. The molecule has 0 spiro atoms. The lowest BCUT2D eigenvalue weighted by Crippen LogP contribution is -2.31. The summed E-state index contributed by atoms with van der Waals surface area (Å²) in [6, 6.07) is 10.1. The molecule has 0 aliphatic rings. The average molecular weight is 496 g/mol. The smallest absolute Gasteiger partial charge is 0.263 e. The molecule has 4 rings (SSSR count). The highest BCUT2D eigenvalue weighted by atomic mass is 19.3. The molecule has 1 amide bonds. The maximum Gasteiger partial charge on any atom is 0.263 e. The molecule has 1 atom stereocenters. The number of aliphatic hydroxyl groups excluding tert-OH is 1. The molecule has 0 fully saturated rings. The Balaban J connectivity index is 1.60. The van der Waals surface area contributed by atoms with Gasteiger partial charge in [0.15, 0.2) is 0 Å². The molecule has 0 bridgehead atoms. The van der Waals surface area contributed by atoms with Crippen LogP contribution in [0.4, 0.5) is 19.0 Å². The van der Waals surface area contributed by atoms with Crippen LogP contribution in [0.2, 0.25) is 0 Å². The second-order valence-electron chi connectivity index (χ2n) is 8.30. The summed E-state index contributed by atoms with van der Waals surface area (Å²) in [5, 5.41) is 16.4. The van der Waals surface area contributed by atoms with Gasteiger partial charge in [-0.2, -0.15) is 5.10 Å². The van der Waals surface area contributed by atoms with E-state index in [0.717, 1.165) is 16.8 Å². The quantitative estimate of drug-likeness (QED) is 0.348. The number of aryl methyl sites for hydroxylation is 1. The number of alkyl halides is 2. The molecule has 4 N–H and O–H groups in total. The van der Waals surface area contributed by atoms with E-state index in [1.54, 1.807) is 23.1 Å². The van der Waals surface area contributed by atoms with E-state index in [1.165, 1.54) is 42.5 Å². The van der Waals surface area contributed by atoms with E-state index < -0.39 is 30.8 Å². The fraction of sp³-hybridized carbons (Fsp3) is 0.192. The van der Waals surface area contributed by atoms with Crippen LogP contribution in [0.25, 0.3) is 22.3 Å². The molecule has 2 heterocycles. The molecule has 0 saturated carbocycles. The largest absolute Gasteiger partial charge is 0.394 e. The van der Waals surface area contributed by atoms with Crippen LogP contribution in [0, 0.1) is 12.7 Å². The lowest BCUT2D eigenvalue weighted by Gasteiger charge is -2.18. The Kier molecular flexibility index (Phi) is 7.07. The number of nitrogen functional groups attached to an aromatic ring is 1. The van der Waals surface area contributed by atoms with Gasteiger partial charge in [0.2, 0.25) is 0 Å². The van der Waals surface area contributed by atoms with Crippen LogP contribution in [-0.2, 0) is 7.05 Å². The maximum absolute atomic E-state index is 15.0. The molecule has 0 unspecified atom stereocenters. The van der Waals surface area contributed by atoms with Crippen molar-refractivity contribution in [2.75, 3.05) is 12.3 Å². The fourth-order valence-electron chi connectivity index (χ4n) is 3.88. The highest BCUT2D eigenvalue weighted by Crippen LogP contribution is 2.32. The number of rotatable bonds is 7. The number of benzene rings is 2. The molecular formula is C26H24F3N5O2. The van der Waals surface area contributed by atoms with E-state index in [9.17, 15) is 18.7 Å². The van der Waals surface area contributed by atoms with Crippen molar-refractivity contribution in [2.45, 2.75) is 19.4 Å². The van der Waals surface area contributed by atoms with Crippen LogP contribution in [-0.4, -0.2) is 32.4 Å². The van der Waals surface area contributed by atoms with Gasteiger partial charge in [-0.25, -0.2) is 18.2 Å². The molecular weight excluding hydrogens is 471 g/mol. The van der Waals surface area contributed by atoms with Crippen LogP contribution in [0.3, 0.4) is 0 Å². The first-order chi connectivity index (χ1) is 17.2. The molecule has 0 radical (unpaired) electrons. The third kappa shape index (κ3) is 4.94. The predicted molar refractivity (Wildman–Crippen MR) is 130 cm³/mol. The summed E-state index contributed by atoms with van der Waals surface area (Å²) in [7, 11) is 1.82. The average Bonchev–Trinajstić information content (AvgIpc) is 3.20. The number of aromatic nitrogens is 3. The normalized spacial score (nSPS) is 12.1. The second kappa shape index (κ2) is 10.2. The molecule has 0 aliphatic carbocycles. The highest BCUT2D eigenvalue weighted by Gasteiger charge is 2.20. The minimum atomic E-state index is -2.70. The summed E-state index contributed by atoms with van der Waals surface area (Å²) in [6.07, 6.45) is 0.612. The third-order valence-electron chi connectivity index (χ3n) is 6.04. The molecule has 4 aromatic rings. The number of hydrogen-bond acceptors (Lipinski definition) is 5. The number of halogens is 3. The summed E-state index contributed by atoms with van der Waals surface area (Å²) in [6.45, 7) is 1.36. The molecule has 2 aromatic heterocycles. The first-order valence-electron chi connectivity index (χ1n) is 11.0. The topological polar surface area (TPSA) is 106 Å². The van der Waals surface area contributed by atoms with Crippen molar-refractivity contribution in [3.05, 3.63) is 89.1 Å². The van der Waals surface area contributed by atoms with Crippen molar-refractivity contribution < 1.29 is 23.1 Å². The van der Waals surface area contributed by atoms with E-state index in [-0.39, 0.29) is 22.5 Å². The Hall–Kier alpha value is -4.18. The summed E-state index contributed by atoms with van der Waals surface area (Å²) in [5.74, 6) is -1.42. The lowest BCUT2D eigenvalue weighted by atomic mass is 9.99. The maximum atomic E-state index is 15.0. The zero-order valence-corrected chi connectivity index (χ0v) is 19.5. The van der Waals surface area contributed by atoms with Gasteiger partial charge in [0.25, 0.3) is 12.3 Å². The molecule has 10 heteroatoms. The van der Waals surface area contributed by atoms with Crippen molar-refractivity contribution in [1.29, 1.82) is 0 Å². The zero-order chi connectivity index (χ0) is 26.0. The van der Waals surface area contributed by atoms with Crippen molar-refractivity contribution in [3.63, 3.8) is 0 Å². The van der Waals surface area contributed by atoms with Crippen molar-refractivity contribution in [1.82, 2.24) is 20.1 Å². The highest BCUT2D eigenvalue weighted by molar-refractivity contribution is 5.95. The van der Waals surface area contributed by atoms with Crippen LogP contribution in [0.5, 0.6) is 0 Å². The van der Waals surface area contributed by atoms with Gasteiger partial charge in [-0.1, -0.05) is 24.3 Å². The zero-order valence-electron chi connectivity index (χ0n) is 19.5. The number of anilines is 1. The molecule has 186 valence electrons. The molecule has 0 saturated heterocycles. The number of nitrogens with one attached hydrogen (secondary N) is 1.